The van der Waals surface area contributed by atoms with Crippen LogP contribution in [0.4, 0.5) is 4.39 Å². The molecule has 6 heteroatoms. The molecule has 0 radical (unpaired) electrons. The monoisotopic (exact) mass is 254 g/mol. The van der Waals surface area contributed by atoms with Gasteiger partial charge in [0, 0.05) is 11.8 Å². The van der Waals surface area contributed by atoms with E-state index in [0.717, 1.165) is 12.5 Å². The maximum Gasteiger partial charge on any atom is 0.229 e. The molecule has 90 valence electrons. The number of nitrogens with one attached hydrogen (secondary N) is 1. The van der Waals surface area contributed by atoms with Gasteiger partial charge in [-0.1, -0.05) is 24.3 Å². The third-order valence-corrected chi connectivity index (χ3v) is 2.49. The predicted molar refractivity (Wildman–Crippen MR) is 62.8 cm³/mol. The SMILES string of the molecule is CS(=O)(=O)N/C=C(/F)c1ccccc1CC#N. The highest BCUT2D eigenvalue weighted by atomic mass is 32.2. The zero-order chi connectivity index (χ0) is 12.9. The second kappa shape index (κ2) is 5.46. The second-order valence-electron chi connectivity index (χ2n) is 3.37. The van der Waals surface area contributed by atoms with E-state index in [-0.39, 0.29) is 12.0 Å². The van der Waals surface area contributed by atoms with Crippen molar-refractivity contribution in [2.24, 2.45) is 0 Å². The number of rotatable bonds is 4. The lowest BCUT2D eigenvalue weighted by Gasteiger charge is -2.04. The topological polar surface area (TPSA) is 70.0 Å². The van der Waals surface area contributed by atoms with Crippen molar-refractivity contribution in [2.45, 2.75) is 6.42 Å². The first-order valence-electron chi connectivity index (χ1n) is 4.72. The van der Waals surface area contributed by atoms with Crippen molar-refractivity contribution in [2.75, 3.05) is 6.26 Å². The summed E-state index contributed by atoms with van der Waals surface area (Å²) in [7, 11) is -3.48. The maximum absolute atomic E-state index is 13.7. The standard InChI is InChI=1S/C11H11FN2O2S/c1-17(15,16)14-8-11(12)10-5-3-2-4-9(10)6-7-13/h2-5,8,14H,6H2,1H3/b11-8+. The van der Waals surface area contributed by atoms with Crippen LogP contribution in [0.25, 0.3) is 5.83 Å². The largest absolute Gasteiger partial charge is 0.288 e. The van der Waals surface area contributed by atoms with Gasteiger partial charge in [0.1, 0.15) is 5.83 Å². The van der Waals surface area contributed by atoms with E-state index < -0.39 is 15.9 Å². The van der Waals surface area contributed by atoms with E-state index in [1.165, 1.54) is 6.07 Å². The Balaban J connectivity index is 3.04. The van der Waals surface area contributed by atoms with E-state index in [0.29, 0.717) is 5.56 Å². The smallest absolute Gasteiger partial charge is 0.229 e. The summed E-state index contributed by atoms with van der Waals surface area (Å²) in [6.45, 7) is 0. The molecule has 0 bridgehead atoms. The molecule has 0 unspecified atom stereocenters. The summed E-state index contributed by atoms with van der Waals surface area (Å²) in [6, 6.07) is 8.33. The molecule has 0 saturated carbocycles. The molecule has 0 spiro atoms. The van der Waals surface area contributed by atoms with Crippen molar-refractivity contribution in [3.63, 3.8) is 0 Å². The van der Waals surface area contributed by atoms with E-state index in [1.807, 2.05) is 10.8 Å². The van der Waals surface area contributed by atoms with Gasteiger partial charge in [-0.15, -0.1) is 0 Å². The minimum atomic E-state index is -3.48. The van der Waals surface area contributed by atoms with Crippen LogP contribution in [0.15, 0.2) is 30.5 Å². The highest BCUT2D eigenvalue weighted by Gasteiger charge is 2.07. The normalized spacial score (nSPS) is 11.9. The summed E-state index contributed by atoms with van der Waals surface area (Å²) in [5.74, 6) is -0.721. The summed E-state index contributed by atoms with van der Waals surface area (Å²) >= 11 is 0. The number of nitrogens with zero attached hydrogens (tertiary/aromatic N) is 1. The van der Waals surface area contributed by atoms with Crippen molar-refractivity contribution in [1.29, 1.82) is 5.26 Å². The molecule has 0 amide bonds. The first-order chi connectivity index (χ1) is 7.94. The first kappa shape index (κ1) is 13.2. The van der Waals surface area contributed by atoms with E-state index in [4.69, 9.17) is 5.26 Å². The fourth-order valence-electron chi connectivity index (χ4n) is 1.23. The quantitative estimate of drug-likeness (QED) is 0.886. The number of hydrogen-bond acceptors (Lipinski definition) is 3. The lowest BCUT2D eigenvalue weighted by atomic mass is 10.0. The fourth-order valence-corrected chi connectivity index (χ4v) is 1.55. The van der Waals surface area contributed by atoms with Crippen LogP contribution in [0.2, 0.25) is 0 Å². The Morgan fingerprint density at radius 3 is 2.76 bits per heavy atom. The lowest BCUT2D eigenvalue weighted by molar-refractivity contribution is 0.596. The highest BCUT2D eigenvalue weighted by molar-refractivity contribution is 7.88. The third-order valence-electron chi connectivity index (χ3n) is 1.94. The summed E-state index contributed by atoms with van der Waals surface area (Å²) in [5.41, 5.74) is 0.726. The van der Waals surface area contributed by atoms with E-state index in [1.54, 1.807) is 18.2 Å². The van der Waals surface area contributed by atoms with Crippen molar-refractivity contribution in [1.82, 2.24) is 4.72 Å². The summed E-state index contributed by atoms with van der Waals surface area (Å²) in [4.78, 5) is 0. The average Bonchev–Trinajstić information content (AvgIpc) is 2.26. The summed E-state index contributed by atoms with van der Waals surface area (Å²) in [6.07, 6.45) is 1.76. The molecule has 0 saturated heterocycles. The van der Waals surface area contributed by atoms with Gasteiger partial charge in [-0.3, -0.25) is 4.72 Å². The molecule has 0 fully saturated rings. The lowest BCUT2D eigenvalue weighted by Crippen LogP contribution is -2.15. The van der Waals surface area contributed by atoms with Gasteiger partial charge in [0.15, 0.2) is 0 Å². The molecule has 0 aliphatic rings. The molecule has 17 heavy (non-hydrogen) atoms. The molecular formula is C11H11FN2O2S. The molecule has 1 aromatic rings. The van der Waals surface area contributed by atoms with Crippen LogP contribution in [0, 0.1) is 11.3 Å². The summed E-state index contributed by atoms with van der Waals surface area (Å²) < 4.78 is 37.2. The van der Waals surface area contributed by atoms with Crippen LogP contribution >= 0.6 is 0 Å². The van der Waals surface area contributed by atoms with Gasteiger partial charge < -0.3 is 0 Å². The predicted octanol–water partition coefficient (Wildman–Crippen LogP) is 1.57. The number of hydrogen-bond donors (Lipinski definition) is 1. The first-order valence-corrected chi connectivity index (χ1v) is 6.61. The Labute approximate surface area is 99.4 Å². The Kier molecular flexibility index (Phi) is 4.24. The van der Waals surface area contributed by atoms with Crippen LogP contribution in [0.5, 0.6) is 0 Å². The molecule has 0 aliphatic carbocycles. The van der Waals surface area contributed by atoms with Crippen LogP contribution < -0.4 is 4.72 Å². The van der Waals surface area contributed by atoms with Crippen LogP contribution in [-0.4, -0.2) is 14.7 Å². The van der Waals surface area contributed by atoms with E-state index in [9.17, 15) is 12.8 Å². The highest BCUT2D eigenvalue weighted by Crippen LogP contribution is 2.20. The third kappa shape index (κ3) is 4.25. The van der Waals surface area contributed by atoms with Gasteiger partial charge in [-0.2, -0.15) is 5.26 Å². The van der Waals surface area contributed by atoms with E-state index >= 15 is 0 Å². The molecule has 4 nitrogen and oxygen atoms in total. The van der Waals surface area contributed by atoms with Gasteiger partial charge in [0.25, 0.3) is 0 Å². The Bertz CT molecular complexity index is 573. The molecule has 0 aliphatic heterocycles. The molecule has 0 aromatic heterocycles. The summed E-state index contributed by atoms with van der Waals surface area (Å²) in [5, 5.41) is 8.58. The Morgan fingerprint density at radius 2 is 2.18 bits per heavy atom. The average molecular weight is 254 g/mol. The van der Waals surface area contributed by atoms with Crippen LogP contribution in [-0.2, 0) is 16.4 Å². The molecule has 0 heterocycles. The van der Waals surface area contributed by atoms with Gasteiger partial charge in [0.05, 0.1) is 18.7 Å². The minimum Gasteiger partial charge on any atom is -0.288 e. The van der Waals surface area contributed by atoms with Crippen LogP contribution in [0.3, 0.4) is 0 Å². The Morgan fingerprint density at radius 1 is 1.53 bits per heavy atom. The maximum atomic E-state index is 13.7. The van der Waals surface area contributed by atoms with Gasteiger partial charge in [0.2, 0.25) is 10.0 Å². The number of nitriles is 1. The van der Waals surface area contributed by atoms with Gasteiger partial charge >= 0.3 is 0 Å². The molecule has 1 rings (SSSR count). The van der Waals surface area contributed by atoms with Crippen molar-refractivity contribution in [3.8, 4) is 6.07 Å². The second-order valence-corrected chi connectivity index (χ2v) is 5.15. The van der Waals surface area contributed by atoms with Crippen molar-refractivity contribution >= 4 is 15.9 Å². The molecule has 0 atom stereocenters. The number of benzene rings is 1. The van der Waals surface area contributed by atoms with Crippen LogP contribution in [0.1, 0.15) is 11.1 Å². The van der Waals surface area contributed by atoms with E-state index in [2.05, 4.69) is 0 Å². The van der Waals surface area contributed by atoms with Gasteiger partial charge in [-0.05, 0) is 5.56 Å². The number of sulfonamides is 1. The van der Waals surface area contributed by atoms with Crippen molar-refractivity contribution in [3.05, 3.63) is 41.6 Å². The molecule has 1 N–H and O–H groups in total. The minimum absolute atomic E-state index is 0.0658. The fraction of sp³-hybridized carbons (Fsp3) is 0.182. The van der Waals surface area contributed by atoms with Gasteiger partial charge in [-0.25, -0.2) is 12.8 Å². The Hall–Kier alpha value is -1.87. The molecular weight excluding hydrogens is 243 g/mol. The van der Waals surface area contributed by atoms with Crippen molar-refractivity contribution < 1.29 is 12.8 Å². The number of halogens is 1. The molecule has 1 aromatic carbocycles. The zero-order valence-electron chi connectivity index (χ0n) is 9.14. The zero-order valence-corrected chi connectivity index (χ0v) is 9.96.